The Labute approximate surface area is 113 Å². The fourth-order valence-electron chi connectivity index (χ4n) is 2.80. The van der Waals surface area contributed by atoms with Gasteiger partial charge < -0.3 is 9.64 Å². The monoisotopic (exact) mass is 260 g/mol. The summed E-state index contributed by atoms with van der Waals surface area (Å²) in [5.41, 5.74) is 3.25. The lowest BCUT2D eigenvalue weighted by atomic mass is 10.2. The number of aromatic nitrogens is 3. The van der Waals surface area contributed by atoms with E-state index in [4.69, 9.17) is 4.74 Å². The molecule has 3 heterocycles. The lowest BCUT2D eigenvalue weighted by Gasteiger charge is -2.26. The quantitative estimate of drug-likeness (QED) is 0.843. The SMILES string of the molecule is CCC(C)N1CCc2c(COC)nc3ccnn3c21. The first-order chi connectivity index (χ1) is 9.26. The largest absolute Gasteiger partial charge is 0.378 e. The number of hydrogen-bond acceptors (Lipinski definition) is 4. The summed E-state index contributed by atoms with van der Waals surface area (Å²) in [6, 6.07) is 2.47. The topological polar surface area (TPSA) is 42.7 Å². The zero-order valence-corrected chi connectivity index (χ0v) is 11.8. The van der Waals surface area contributed by atoms with Gasteiger partial charge in [-0.25, -0.2) is 4.98 Å². The molecule has 1 atom stereocenters. The molecular weight excluding hydrogens is 240 g/mol. The second kappa shape index (κ2) is 4.81. The van der Waals surface area contributed by atoms with Crippen LogP contribution in [0, 0.1) is 0 Å². The third-order valence-electron chi connectivity index (χ3n) is 3.97. The minimum atomic E-state index is 0.520. The fraction of sp³-hybridized carbons (Fsp3) is 0.571. The van der Waals surface area contributed by atoms with Gasteiger partial charge in [0.1, 0.15) is 5.82 Å². The Morgan fingerprint density at radius 2 is 2.32 bits per heavy atom. The van der Waals surface area contributed by atoms with Gasteiger partial charge in [0.2, 0.25) is 0 Å². The van der Waals surface area contributed by atoms with E-state index in [2.05, 4.69) is 28.8 Å². The number of fused-ring (bicyclic) bond motifs is 3. The van der Waals surface area contributed by atoms with Gasteiger partial charge in [-0.2, -0.15) is 9.61 Å². The summed E-state index contributed by atoms with van der Waals surface area (Å²) in [6.07, 6.45) is 3.97. The molecule has 0 radical (unpaired) electrons. The first kappa shape index (κ1) is 12.4. The standard InChI is InChI=1S/C14H20N4O/c1-4-10(2)17-8-6-11-12(9-19-3)16-13-5-7-15-18(13)14(11)17/h5,7,10H,4,6,8-9H2,1-3H3. The van der Waals surface area contributed by atoms with Crippen LogP contribution >= 0.6 is 0 Å². The number of anilines is 1. The molecule has 0 amide bonds. The Kier molecular flexibility index (Phi) is 3.14. The van der Waals surface area contributed by atoms with Gasteiger partial charge in [0.15, 0.2) is 5.65 Å². The molecule has 1 aliphatic heterocycles. The van der Waals surface area contributed by atoms with Crippen LogP contribution in [0.1, 0.15) is 31.5 Å². The van der Waals surface area contributed by atoms with Crippen molar-refractivity contribution in [3.63, 3.8) is 0 Å². The lowest BCUT2D eigenvalue weighted by molar-refractivity contribution is 0.181. The molecule has 0 fully saturated rings. The van der Waals surface area contributed by atoms with Crippen molar-refractivity contribution in [3.05, 3.63) is 23.5 Å². The molecule has 5 heteroatoms. The molecule has 0 aromatic carbocycles. The van der Waals surface area contributed by atoms with E-state index in [0.29, 0.717) is 12.6 Å². The third-order valence-corrected chi connectivity index (χ3v) is 3.97. The second-order valence-corrected chi connectivity index (χ2v) is 5.10. The zero-order valence-electron chi connectivity index (χ0n) is 11.8. The summed E-state index contributed by atoms with van der Waals surface area (Å²) in [5.74, 6) is 1.21. The van der Waals surface area contributed by atoms with Gasteiger partial charge in [0, 0.05) is 31.3 Å². The van der Waals surface area contributed by atoms with Crippen molar-refractivity contribution in [2.45, 2.75) is 39.3 Å². The van der Waals surface area contributed by atoms with Crippen LogP contribution in [0.25, 0.3) is 5.65 Å². The van der Waals surface area contributed by atoms with Gasteiger partial charge in [0.05, 0.1) is 18.5 Å². The average molecular weight is 260 g/mol. The molecule has 5 nitrogen and oxygen atoms in total. The maximum Gasteiger partial charge on any atom is 0.157 e. The number of nitrogens with zero attached hydrogens (tertiary/aromatic N) is 4. The van der Waals surface area contributed by atoms with E-state index < -0.39 is 0 Å². The smallest absolute Gasteiger partial charge is 0.157 e. The second-order valence-electron chi connectivity index (χ2n) is 5.10. The molecule has 0 saturated carbocycles. The molecule has 2 aromatic rings. The van der Waals surface area contributed by atoms with Crippen LogP contribution < -0.4 is 4.90 Å². The van der Waals surface area contributed by atoms with Crippen molar-refractivity contribution in [1.82, 2.24) is 14.6 Å². The minimum absolute atomic E-state index is 0.520. The van der Waals surface area contributed by atoms with Crippen LogP contribution in [0.3, 0.4) is 0 Å². The summed E-state index contributed by atoms with van der Waals surface area (Å²) >= 11 is 0. The summed E-state index contributed by atoms with van der Waals surface area (Å²) in [4.78, 5) is 7.11. The van der Waals surface area contributed by atoms with Crippen LogP contribution in [0.15, 0.2) is 12.3 Å². The highest BCUT2D eigenvalue weighted by atomic mass is 16.5. The zero-order chi connectivity index (χ0) is 13.4. The molecule has 0 saturated heterocycles. The molecule has 0 spiro atoms. The highest BCUT2D eigenvalue weighted by Crippen LogP contribution is 2.32. The van der Waals surface area contributed by atoms with Crippen LogP contribution in [-0.4, -0.2) is 34.3 Å². The van der Waals surface area contributed by atoms with Crippen LogP contribution in [0.5, 0.6) is 0 Å². The maximum atomic E-state index is 5.29. The molecule has 102 valence electrons. The van der Waals surface area contributed by atoms with E-state index in [1.54, 1.807) is 7.11 Å². The Hall–Kier alpha value is -1.62. The van der Waals surface area contributed by atoms with Gasteiger partial charge in [-0.1, -0.05) is 6.92 Å². The first-order valence-electron chi connectivity index (χ1n) is 6.87. The van der Waals surface area contributed by atoms with Crippen molar-refractivity contribution in [3.8, 4) is 0 Å². The summed E-state index contributed by atoms with van der Waals surface area (Å²) < 4.78 is 7.26. The van der Waals surface area contributed by atoms with Gasteiger partial charge >= 0.3 is 0 Å². The van der Waals surface area contributed by atoms with Gasteiger partial charge in [0.25, 0.3) is 0 Å². The lowest BCUT2D eigenvalue weighted by Crippen LogP contribution is -2.32. The summed E-state index contributed by atoms with van der Waals surface area (Å²) in [5, 5.41) is 4.43. The Balaban J connectivity index is 2.18. The van der Waals surface area contributed by atoms with E-state index in [1.807, 2.05) is 16.8 Å². The fourth-order valence-corrected chi connectivity index (χ4v) is 2.80. The van der Waals surface area contributed by atoms with Gasteiger partial charge in [-0.05, 0) is 19.8 Å². The van der Waals surface area contributed by atoms with Crippen LogP contribution in [0.2, 0.25) is 0 Å². The predicted octanol–water partition coefficient (Wildman–Crippen LogP) is 2.04. The normalized spacial score (nSPS) is 16.1. The van der Waals surface area contributed by atoms with Crippen molar-refractivity contribution >= 4 is 11.5 Å². The van der Waals surface area contributed by atoms with Crippen LogP contribution in [-0.2, 0) is 17.8 Å². The van der Waals surface area contributed by atoms with Crippen molar-refractivity contribution in [1.29, 1.82) is 0 Å². The summed E-state index contributed by atoms with van der Waals surface area (Å²) in [6.45, 7) is 6.10. The van der Waals surface area contributed by atoms with E-state index >= 15 is 0 Å². The molecule has 1 aliphatic rings. The molecule has 19 heavy (non-hydrogen) atoms. The van der Waals surface area contributed by atoms with Gasteiger partial charge in [-0.3, -0.25) is 0 Å². The first-order valence-corrected chi connectivity index (χ1v) is 6.87. The molecule has 1 unspecified atom stereocenters. The maximum absolute atomic E-state index is 5.29. The third kappa shape index (κ3) is 1.89. The van der Waals surface area contributed by atoms with Crippen molar-refractivity contribution in [2.24, 2.45) is 0 Å². The van der Waals surface area contributed by atoms with E-state index in [0.717, 1.165) is 30.7 Å². The van der Waals surface area contributed by atoms with Crippen LogP contribution in [0.4, 0.5) is 5.82 Å². The van der Waals surface area contributed by atoms with Gasteiger partial charge in [-0.15, -0.1) is 0 Å². The Morgan fingerprint density at radius 3 is 3.05 bits per heavy atom. The molecule has 0 N–H and O–H groups in total. The number of methoxy groups -OCH3 is 1. The van der Waals surface area contributed by atoms with E-state index in [1.165, 1.54) is 11.4 Å². The number of rotatable bonds is 4. The van der Waals surface area contributed by atoms with Crippen molar-refractivity contribution in [2.75, 3.05) is 18.6 Å². The van der Waals surface area contributed by atoms with Crippen molar-refractivity contribution < 1.29 is 4.74 Å². The molecule has 0 aliphatic carbocycles. The molecule has 3 rings (SSSR count). The minimum Gasteiger partial charge on any atom is -0.378 e. The molecular formula is C14H20N4O. The number of ether oxygens (including phenoxy) is 1. The highest BCUT2D eigenvalue weighted by Gasteiger charge is 2.29. The van der Waals surface area contributed by atoms with E-state index in [9.17, 15) is 0 Å². The average Bonchev–Trinajstić information content (AvgIpc) is 3.03. The molecule has 0 bridgehead atoms. The Bertz CT molecular complexity index is 592. The van der Waals surface area contributed by atoms with E-state index in [-0.39, 0.29) is 0 Å². The highest BCUT2D eigenvalue weighted by molar-refractivity contribution is 5.60. The molecule has 2 aromatic heterocycles. The Morgan fingerprint density at radius 1 is 1.47 bits per heavy atom. The number of hydrogen-bond donors (Lipinski definition) is 0. The summed E-state index contributed by atoms with van der Waals surface area (Å²) in [7, 11) is 1.72. The predicted molar refractivity (Wildman–Crippen MR) is 74.5 cm³/mol.